The van der Waals surface area contributed by atoms with Crippen LogP contribution < -0.4 is 0 Å². The third kappa shape index (κ3) is 2.97. The van der Waals surface area contributed by atoms with Gasteiger partial charge in [0.25, 0.3) is 0 Å². The van der Waals surface area contributed by atoms with E-state index in [4.69, 9.17) is 14.3 Å². The maximum atomic E-state index is 12.8. The maximum absolute atomic E-state index is 12.8. The van der Waals surface area contributed by atoms with Crippen molar-refractivity contribution in [2.24, 2.45) is 0 Å². The number of hydroxylamine groups is 2. The van der Waals surface area contributed by atoms with Gasteiger partial charge in [-0.3, -0.25) is 0 Å². The van der Waals surface area contributed by atoms with Crippen LogP contribution in [0.3, 0.4) is 0 Å². The second-order valence-corrected chi connectivity index (χ2v) is 7.65. The number of carboxylic acids is 1. The van der Waals surface area contributed by atoms with E-state index in [0.717, 1.165) is 33.7 Å². The molecular formula is C22H21NO6. The number of hydrogen-bond donors (Lipinski definition) is 1. The van der Waals surface area contributed by atoms with E-state index < -0.39 is 23.9 Å². The fraction of sp³-hybridized carbons (Fsp3) is 0.364. The van der Waals surface area contributed by atoms with Crippen LogP contribution in [0.25, 0.3) is 11.1 Å². The molecule has 1 amide bonds. The first-order valence-electron chi connectivity index (χ1n) is 9.78. The molecule has 7 nitrogen and oxygen atoms in total. The zero-order valence-corrected chi connectivity index (χ0v) is 15.7. The van der Waals surface area contributed by atoms with Crippen molar-refractivity contribution in [2.45, 2.75) is 37.0 Å². The van der Waals surface area contributed by atoms with Crippen LogP contribution in [0.2, 0.25) is 0 Å². The summed E-state index contributed by atoms with van der Waals surface area (Å²) in [4.78, 5) is 30.0. The normalized spacial score (nSPS) is 21.9. The fourth-order valence-electron chi connectivity index (χ4n) is 4.26. The van der Waals surface area contributed by atoms with E-state index in [1.165, 1.54) is 0 Å². The molecule has 2 aliphatic carbocycles. The van der Waals surface area contributed by atoms with Crippen LogP contribution in [0.4, 0.5) is 4.79 Å². The first-order valence-corrected chi connectivity index (χ1v) is 9.78. The SMILES string of the molecule is O=C(O)[C@@H]1COC2(CCC2)ON1C(=O)OCC1c2ccccc2-c2ccccc21. The van der Waals surface area contributed by atoms with E-state index in [-0.39, 0.29) is 19.1 Å². The van der Waals surface area contributed by atoms with Crippen LogP contribution in [0.1, 0.15) is 36.3 Å². The Kier molecular flexibility index (Phi) is 4.29. The third-order valence-electron chi connectivity index (χ3n) is 5.97. The van der Waals surface area contributed by atoms with E-state index in [2.05, 4.69) is 12.1 Å². The van der Waals surface area contributed by atoms with Crippen molar-refractivity contribution in [2.75, 3.05) is 13.2 Å². The summed E-state index contributed by atoms with van der Waals surface area (Å²) in [7, 11) is 0. The van der Waals surface area contributed by atoms with Crippen molar-refractivity contribution in [3.05, 3.63) is 59.7 Å². The largest absolute Gasteiger partial charge is 0.480 e. The van der Waals surface area contributed by atoms with Crippen LogP contribution in [0.15, 0.2) is 48.5 Å². The lowest BCUT2D eigenvalue weighted by molar-refractivity contribution is -0.402. The molecule has 1 saturated heterocycles. The van der Waals surface area contributed by atoms with Gasteiger partial charge >= 0.3 is 12.1 Å². The second-order valence-electron chi connectivity index (χ2n) is 7.65. The van der Waals surface area contributed by atoms with Crippen molar-refractivity contribution in [3.63, 3.8) is 0 Å². The predicted molar refractivity (Wildman–Crippen MR) is 102 cm³/mol. The minimum absolute atomic E-state index is 0.103. The van der Waals surface area contributed by atoms with Crippen molar-refractivity contribution < 1.29 is 29.0 Å². The Morgan fingerprint density at radius 2 is 1.69 bits per heavy atom. The lowest BCUT2D eigenvalue weighted by atomic mass is 9.91. The second kappa shape index (κ2) is 6.86. The molecule has 5 rings (SSSR count). The smallest absolute Gasteiger partial charge is 0.435 e. The van der Waals surface area contributed by atoms with Gasteiger partial charge in [-0.1, -0.05) is 48.5 Å². The summed E-state index contributed by atoms with van der Waals surface area (Å²) in [6.07, 6.45) is 1.38. The van der Waals surface area contributed by atoms with Crippen LogP contribution in [-0.2, 0) is 19.1 Å². The lowest BCUT2D eigenvalue weighted by Crippen LogP contribution is -2.61. The van der Waals surface area contributed by atoms with E-state index in [0.29, 0.717) is 12.8 Å². The highest BCUT2D eigenvalue weighted by molar-refractivity contribution is 5.80. The van der Waals surface area contributed by atoms with E-state index >= 15 is 0 Å². The summed E-state index contributed by atoms with van der Waals surface area (Å²) in [5.41, 5.74) is 4.44. The summed E-state index contributed by atoms with van der Waals surface area (Å²) in [5, 5.41) is 10.3. The van der Waals surface area contributed by atoms with Gasteiger partial charge in [-0.2, -0.15) is 5.06 Å². The number of carbonyl (C=O) groups is 2. The molecule has 1 aliphatic heterocycles. The minimum atomic E-state index is -1.23. The fourth-order valence-corrected chi connectivity index (χ4v) is 4.26. The van der Waals surface area contributed by atoms with Gasteiger partial charge in [0.05, 0.1) is 6.61 Å². The van der Waals surface area contributed by atoms with E-state index in [1.54, 1.807) is 0 Å². The monoisotopic (exact) mass is 395 g/mol. The first-order chi connectivity index (χ1) is 14.1. The number of fused-ring (bicyclic) bond motifs is 3. The Balaban J connectivity index is 1.35. The molecule has 150 valence electrons. The average molecular weight is 395 g/mol. The van der Waals surface area contributed by atoms with Gasteiger partial charge in [0.15, 0.2) is 11.8 Å². The number of amides is 1. The first kappa shape index (κ1) is 18.1. The Morgan fingerprint density at radius 3 is 2.24 bits per heavy atom. The summed E-state index contributed by atoms with van der Waals surface area (Å²) in [5.74, 6) is -2.18. The highest BCUT2D eigenvalue weighted by atomic mass is 16.8. The Hall–Kier alpha value is -2.90. The molecule has 0 bridgehead atoms. The van der Waals surface area contributed by atoms with E-state index in [9.17, 15) is 14.7 Å². The number of nitrogens with zero attached hydrogens (tertiary/aromatic N) is 1. The molecule has 2 fully saturated rings. The molecule has 1 saturated carbocycles. The molecule has 2 aromatic rings. The highest BCUT2D eigenvalue weighted by Gasteiger charge is 2.51. The number of hydrogen-bond acceptors (Lipinski definition) is 5. The van der Waals surface area contributed by atoms with Crippen LogP contribution in [-0.4, -0.2) is 47.3 Å². The zero-order chi connectivity index (χ0) is 20.0. The molecule has 1 spiro atoms. The number of aliphatic carboxylic acids is 1. The van der Waals surface area contributed by atoms with Crippen LogP contribution in [0.5, 0.6) is 0 Å². The number of carboxylic acid groups (broad SMARTS) is 1. The van der Waals surface area contributed by atoms with Crippen molar-refractivity contribution in [1.29, 1.82) is 0 Å². The molecule has 0 unspecified atom stereocenters. The summed E-state index contributed by atoms with van der Waals surface area (Å²) in [6, 6.07) is 14.9. The summed E-state index contributed by atoms with van der Waals surface area (Å²) < 4.78 is 11.1. The minimum Gasteiger partial charge on any atom is -0.480 e. The molecule has 3 aliphatic rings. The molecular weight excluding hydrogens is 374 g/mol. The lowest BCUT2D eigenvalue weighted by Gasteiger charge is -2.48. The van der Waals surface area contributed by atoms with Gasteiger partial charge in [0, 0.05) is 18.8 Å². The van der Waals surface area contributed by atoms with Gasteiger partial charge in [-0.25, -0.2) is 14.4 Å². The van der Waals surface area contributed by atoms with E-state index in [1.807, 2.05) is 36.4 Å². The number of benzene rings is 2. The predicted octanol–water partition coefficient (Wildman–Crippen LogP) is 3.53. The van der Waals surface area contributed by atoms with Crippen molar-refractivity contribution in [1.82, 2.24) is 5.06 Å². The van der Waals surface area contributed by atoms with Gasteiger partial charge in [0.1, 0.15) is 6.61 Å². The van der Waals surface area contributed by atoms with Gasteiger partial charge in [-0.05, 0) is 28.7 Å². The quantitative estimate of drug-likeness (QED) is 0.856. The number of rotatable bonds is 3. The maximum Gasteiger partial charge on any atom is 0.435 e. The van der Waals surface area contributed by atoms with Crippen molar-refractivity contribution in [3.8, 4) is 11.1 Å². The molecule has 1 N–H and O–H groups in total. The van der Waals surface area contributed by atoms with Gasteiger partial charge < -0.3 is 14.6 Å². The average Bonchev–Trinajstić information content (AvgIpc) is 3.04. The molecule has 7 heteroatoms. The molecule has 2 aromatic carbocycles. The number of carbonyl (C=O) groups excluding carboxylic acids is 1. The third-order valence-corrected chi connectivity index (χ3v) is 5.97. The molecule has 1 heterocycles. The standard InChI is InChI=1S/C22H21NO6/c24-20(25)19-13-28-22(10-5-11-22)29-23(19)21(26)27-12-18-16-8-3-1-6-14(16)15-7-2-4-9-17(15)18/h1-4,6-9,18-19H,5,10-13H2,(H,24,25)/t19-/m0/s1. The van der Waals surface area contributed by atoms with Crippen LogP contribution in [0, 0.1) is 0 Å². The Bertz CT molecular complexity index is 924. The Morgan fingerprint density at radius 1 is 1.07 bits per heavy atom. The zero-order valence-electron chi connectivity index (χ0n) is 15.7. The van der Waals surface area contributed by atoms with Crippen LogP contribution >= 0.6 is 0 Å². The molecule has 29 heavy (non-hydrogen) atoms. The number of ether oxygens (including phenoxy) is 2. The molecule has 1 atom stereocenters. The Labute approximate surface area is 167 Å². The summed E-state index contributed by atoms with van der Waals surface area (Å²) in [6.45, 7) is -0.00750. The molecule has 0 radical (unpaired) electrons. The summed E-state index contributed by atoms with van der Waals surface area (Å²) >= 11 is 0. The molecule has 0 aromatic heterocycles. The van der Waals surface area contributed by atoms with Crippen molar-refractivity contribution >= 4 is 12.1 Å². The van der Waals surface area contributed by atoms with Gasteiger partial charge in [0.2, 0.25) is 0 Å². The van der Waals surface area contributed by atoms with Gasteiger partial charge in [-0.15, -0.1) is 0 Å². The highest BCUT2D eigenvalue weighted by Crippen LogP contribution is 2.45. The topological polar surface area (TPSA) is 85.3 Å².